The number of hydrogen-bond acceptors (Lipinski definition) is 3. The van der Waals surface area contributed by atoms with Crippen LogP contribution in [0.4, 0.5) is 0 Å². The van der Waals surface area contributed by atoms with Crippen LogP contribution in [0.15, 0.2) is 24.3 Å². The van der Waals surface area contributed by atoms with Crippen LogP contribution in [-0.2, 0) is 16.0 Å². The van der Waals surface area contributed by atoms with Crippen LogP contribution in [0.2, 0.25) is 0 Å². The number of carboxylic acids is 1. The fourth-order valence-electron chi connectivity index (χ4n) is 1.32. The van der Waals surface area contributed by atoms with Gasteiger partial charge in [-0.15, -0.1) is 0 Å². The Balaban J connectivity index is 2.48. The van der Waals surface area contributed by atoms with Crippen LogP contribution in [-0.4, -0.2) is 34.7 Å². The summed E-state index contributed by atoms with van der Waals surface area (Å²) in [4.78, 5) is 21.7. The van der Waals surface area contributed by atoms with Crippen molar-refractivity contribution in [2.75, 3.05) is 6.54 Å². The average molecular weight is 239 g/mol. The lowest BCUT2D eigenvalue weighted by atomic mass is 10.1. The Kier molecular flexibility index (Phi) is 4.47. The molecule has 1 unspecified atom stereocenters. The molecule has 17 heavy (non-hydrogen) atoms. The number of hydrogen-bond donors (Lipinski definition) is 4. The highest BCUT2D eigenvalue weighted by Crippen LogP contribution is 2.10. The van der Waals surface area contributed by atoms with Crippen LogP contribution in [0.25, 0.3) is 0 Å². The van der Waals surface area contributed by atoms with Crippen molar-refractivity contribution in [1.29, 1.82) is 0 Å². The number of phenols is 1. The fraction of sp³-hybridized carbons (Fsp3) is 0.273. The standard InChI is InChI=1S/C11H14N2O4/c12-9(11(17)13-6-10(15)16)5-7-1-3-8(14)4-2-7/h1-4,9,14H,5-6,12H2,(H,13,17)(H,15,16)/p+1. The second-order valence-electron chi connectivity index (χ2n) is 3.68. The maximum absolute atomic E-state index is 11.4. The summed E-state index contributed by atoms with van der Waals surface area (Å²) in [5.41, 5.74) is 4.52. The quantitative estimate of drug-likeness (QED) is 0.513. The largest absolute Gasteiger partial charge is 0.508 e. The molecule has 0 aromatic heterocycles. The third kappa shape index (κ3) is 4.52. The molecule has 0 saturated heterocycles. The number of quaternary nitrogens is 1. The van der Waals surface area contributed by atoms with E-state index in [0.29, 0.717) is 6.42 Å². The minimum atomic E-state index is -1.09. The van der Waals surface area contributed by atoms with Gasteiger partial charge in [-0.3, -0.25) is 9.59 Å². The molecule has 0 saturated carbocycles. The molecule has 6 nitrogen and oxygen atoms in total. The van der Waals surface area contributed by atoms with E-state index in [9.17, 15) is 9.59 Å². The van der Waals surface area contributed by atoms with Crippen molar-refractivity contribution in [2.24, 2.45) is 0 Å². The maximum atomic E-state index is 11.4. The van der Waals surface area contributed by atoms with Crippen LogP contribution in [0.5, 0.6) is 5.75 Å². The van der Waals surface area contributed by atoms with Gasteiger partial charge < -0.3 is 21.3 Å². The zero-order valence-electron chi connectivity index (χ0n) is 9.22. The Morgan fingerprint density at radius 3 is 2.41 bits per heavy atom. The summed E-state index contributed by atoms with van der Waals surface area (Å²) in [7, 11) is 0. The summed E-state index contributed by atoms with van der Waals surface area (Å²) >= 11 is 0. The van der Waals surface area contributed by atoms with Crippen molar-refractivity contribution in [2.45, 2.75) is 12.5 Å². The van der Waals surface area contributed by atoms with Crippen LogP contribution in [0.3, 0.4) is 0 Å². The first-order chi connectivity index (χ1) is 7.99. The third-order valence-electron chi connectivity index (χ3n) is 2.20. The summed E-state index contributed by atoms with van der Waals surface area (Å²) in [6, 6.07) is 5.88. The van der Waals surface area contributed by atoms with Gasteiger partial charge in [0.1, 0.15) is 12.3 Å². The predicted octanol–water partition coefficient (Wildman–Crippen LogP) is -1.25. The van der Waals surface area contributed by atoms with E-state index in [2.05, 4.69) is 11.1 Å². The van der Waals surface area contributed by atoms with Crippen molar-refractivity contribution >= 4 is 11.9 Å². The van der Waals surface area contributed by atoms with E-state index in [1.54, 1.807) is 12.1 Å². The first-order valence-corrected chi connectivity index (χ1v) is 5.09. The van der Waals surface area contributed by atoms with Gasteiger partial charge in [-0.1, -0.05) is 12.1 Å². The molecule has 0 fully saturated rings. The van der Waals surface area contributed by atoms with Crippen LogP contribution < -0.4 is 11.1 Å². The number of carbonyl (C=O) groups excluding carboxylic acids is 1. The third-order valence-corrected chi connectivity index (χ3v) is 2.20. The van der Waals surface area contributed by atoms with Crippen molar-refractivity contribution in [3.8, 4) is 5.75 Å². The maximum Gasteiger partial charge on any atom is 0.322 e. The lowest BCUT2D eigenvalue weighted by Gasteiger charge is -2.08. The monoisotopic (exact) mass is 239 g/mol. The zero-order valence-corrected chi connectivity index (χ0v) is 9.22. The fourth-order valence-corrected chi connectivity index (χ4v) is 1.32. The summed E-state index contributed by atoms with van der Waals surface area (Å²) in [5, 5.41) is 19.7. The summed E-state index contributed by atoms with van der Waals surface area (Å²) in [6.45, 7) is -0.402. The van der Waals surface area contributed by atoms with E-state index in [1.165, 1.54) is 12.1 Å². The SMILES string of the molecule is [NH3+]C(Cc1ccc(O)cc1)C(=O)NCC(=O)O. The Hall–Kier alpha value is -2.08. The summed E-state index contributed by atoms with van der Waals surface area (Å²) in [5.74, 6) is -1.33. The molecule has 6 N–H and O–H groups in total. The Morgan fingerprint density at radius 2 is 1.88 bits per heavy atom. The first-order valence-electron chi connectivity index (χ1n) is 5.09. The normalized spacial score (nSPS) is 11.8. The van der Waals surface area contributed by atoms with E-state index in [-0.39, 0.29) is 5.75 Å². The Bertz CT molecular complexity index is 402. The summed E-state index contributed by atoms with van der Waals surface area (Å²) in [6.07, 6.45) is 0.395. The number of amides is 1. The highest BCUT2D eigenvalue weighted by atomic mass is 16.4. The molecule has 1 amide bonds. The number of carboxylic acid groups (broad SMARTS) is 1. The Morgan fingerprint density at radius 1 is 1.29 bits per heavy atom. The van der Waals surface area contributed by atoms with Gasteiger partial charge >= 0.3 is 5.97 Å². The topological polar surface area (TPSA) is 114 Å². The van der Waals surface area contributed by atoms with Gasteiger partial charge in [-0.05, 0) is 17.7 Å². The van der Waals surface area contributed by atoms with Crippen LogP contribution in [0, 0.1) is 0 Å². The molecule has 0 aliphatic carbocycles. The van der Waals surface area contributed by atoms with E-state index < -0.39 is 24.5 Å². The van der Waals surface area contributed by atoms with Crippen molar-refractivity contribution < 1.29 is 25.5 Å². The molecule has 1 rings (SSSR count). The predicted molar refractivity (Wildman–Crippen MR) is 59.1 cm³/mol. The number of carbonyl (C=O) groups is 2. The molecule has 1 aromatic rings. The molecule has 0 heterocycles. The lowest BCUT2D eigenvalue weighted by Crippen LogP contribution is -2.68. The van der Waals surface area contributed by atoms with Crippen molar-refractivity contribution in [3.63, 3.8) is 0 Å². The number of benzene rings is 1. The molecule has 1 atom stereocenters. The van der Waals surface area contributed by atoms with Crippen molar-refractivity contribution in [1.82, 2.24) is 5.32 Å². The van der Waals surface area contributed by atoms with Gasteiger partial charge in [-0.25, -0.2) is 0 Å². The van der Waals surface area contributed by atoms with Crippen molar-refractivity contribution in [3.05, 3.63) is 29.8 Å². The number of rotatable bonds is 5. The van der Waals surface area contributed by atoms with Gasteiger partial charge in [-0.2, -0.15) is 0 Å². The van der Waals surface area contributed by atoms with Gasteiger partial charge in [0.05, 0.1) is 0 Å². The van der Waals surface area contributed by atoms with Gasteiger partial charge in [0.25, 0.3) is 5.91 Å². The molecule has 0 aliphatic heterocycles. The van der Waals surface area contributed by atoms with Crippen LogP contribution >= 0.6 is 0 Å². The second kappa shape index (κ2) is 5.86. The highest BCUT2D eigenvalue weighted by molar-refractivity contribution is 5.84. The highest BCUT2D eigenvalue weighted by Gasteiger charge is 2.18. The molecule has 1 aromatic carbocycles. The number of aromatic hydroxyl groups is 1. The van der Waals surface area contributed by atoms with E-state index in [0.717, 1.165) is 5.56 Å². The van der Waals surface area contributed by atoms with Crippen LogP contribution in [0.1, 0.15) is 5.56 Å². The van der Waals surface area contributed by atoms with Gasteiger partial charge in [0, 0.05) is 6.42 Å². The molecule has 0 radical (unpaired) electrons. The van der Waals surface area contributed by atoms with Gasteiger partial charge in [0.2, 0.25) is 0 Å². The molecule has 0 aliphatic rings. The minimum absolute atomic E-state index is 0.157. The van der Waals surface area contributed by atoms with E-state index in [4.69, 9.17) is 10.2 Å². The molecule has 6 heteroatoms. The van der Waals surface area contributed by atoms with E-state index in [1.807, 2.05) is 0 Å². The van der Waals surface area contributed by atoms with Gasteiger partial charge in [0.15, 0.2) is 6.04 Å². The smallest absolute Gasteiger partial charge is 0.322 e. The summed E-state index contributed by atoms with van der Waals surface area (Å²) < 4.78 is 0. The number of phenolic OH excluding ortho intramolecular Hbond substituents is 1. The molecule has 92 valence electrons. The zero-order chi connectivity index (χ0) is 12.8. The second-order valence-corrected chi connectivity index (χ2v) is 3.68. The number of aliphatic carboxylic acids is 1. The Labute approximate surface area is 98.1 Å². The molecular formula is C11H15N2O4+. The molecule has 0 spiro atoms. The van der Waals surface area contributed by atoms with E-state index >= 15 is 0 Å². The average Bonchev–Trinajstić information content (AvgIpc) is 2.28. The number of nitrogens with one attached hydrogen (secondary N) is 1. The first kappa shape index (κ1) is 13.0. The minimum Gasteiger partial charge on any atom is -0.508 e. The lowest BCUT2D eigenvalue weighted by molar-refractivity contribution is -0.403. The molecule has 0 bridgehead atoms. The molecular weight excluding hydrogens is 224 g/mol.